The summed E-state index contributed by atoms with van der Waals surface area (Å²) >= 11 is -1.76. The van der Waals surface area contributed by atoms with Crippen LogP contribution in [0.25, 0.3) is 11.1 Å². The van der Waals surface area contributed by atoms with Gasteiger partial charge in [-0.3, -0.25) is 0 Å². The first-order valence-corrected chi connectivity index (χ1v) is 17.3. The van der Waals surface area contributed by atoms with E-state index >= 15 is 0 Å². The third-order valence-electron chi connectivity index (χ3n) is 6.01. The summed E-state index contributed by atoms with van der Waals surface area (Å²) in [6, 6.07) is 17.7. The number of benzene rings is 2. The molecule has 2 aliphatic carbocycles. The van der Waals surface area contributed by atoms with Gasteiger partial charge in [0, 0.05) is 0 Å². The Balaban J connectivity index is 0.00000140. The predicted molar refractivity (Wildman–Crippen MR) is 107 cm³/mol. The molecule has 6 heteroatoms. The molecule has 0 radical (unpaired) electrons. The molecule has 1 fully saturated rings. The molecule has 1 amide bonds. The number of carbonyl (C=O) groups is 1. The van der Waals surface area contributed by atoms with Crippen LogP contribution >= 0.6 is 0 Å². The molecule has 28 heavy (non-hydrogen) atoms. The van der Waals surface area contributed by atoms with Gasteiger partial charge >= 0.3 is 165 Å². The number of rotatable bonds is 4. The van der Waals surface area contributed by atoms with Crippen LogP contribution in [-0.2, 0) is 22.2 Å². The van der Waals surface area contributed by atoms with E-state index in [1.807, 2.05) is 0 Å². The van der Waals surface area contributed by atoms with Gasteiger partial charge in [0.05, 0.1) is 0 Å². The van der Waals surface area contributed by atoms with Crippen molar-refractivity contribution in [1.29, 1.82) is 0 Å². The third-order valence-corrected chi connectivity index (χ3v) is 17.8. The molecule has 149 valence electrons. The van der Waals surface area contributed by atoms with Crippen LogP contribution in [0.1, 0.15) is 47.5 Å². The summed E-state index contributed by atoms with van der Waals surface area (Å²) in [4.78, 5) is 13.0. The molecule has 0 aliphatic heterocycles. The van der Waals surface area contributed by atoms with E-state index in [-0.39, 0.29) is 30.7 Å². The maximum absolute atomic E-state index is 13.0. The molecule has 0 unspecified atom stereocenters. The fourth-order valence-corrected chi connectivity index (χ4v) is 15.0. The number of carbonyl (C=O) groups excluding carboxylic acids is 1. The summed E-state index contributed by atoms with van der Waals surface area (Å²) < 4.78 is 4.17. The van der Waals surface area contributed by atoms with Crippen molar-refractivity contribution in [2.45, 2.75) is 49.4 Å². The number of halogens is 2. The van der Waals surface area contributed by atoms with Gasteiger partial charge in [-0.25, -0.2) is 0 Å². The smallest absolute Gasteiger partial charge is 1.00 e. The van der Waals surface area contributed by atoms with E-state index in [9.17, 15) is 4.79 Å². The van der Waals surface area contributed by atoms with Gasteiger partial charge in [-0.2, -0.15) is 0 Å². The zero-order chi connectivity index (χ0) is 18.1. The Morgan fingerprint density at radius 2 is 1.39 bits per heavy atom. The van der Waals surface area contributed by atoms with E-state index in [1.165, 1.54) is 41.5 Å². The Hall–Kier alpha value is -0.579. The second kappa shape index (κ2) is 10.5. The average Bonchev–Trinajstić information content (AvgIpc) is 3.01. The van der Waals surface area contributed by atoms with Crippen molar-refractivity contribution in [1.82, 2.24) is 3.80 Å². The van der Waals surface area contributed by atoms with Crippen LogP contribution in [0.2, 0.25) is 13.1 Å². The van der Waals surface area contributed by atoms with Crippen molar-refractivity contribution in [3.63, 3.8) is 0 Å². The van der Waals surface area contributed by atoms with E-state index in [2.05, 4.69) is 65.4 Å². The fraction of sp³-hybridized carbons (Fsp3) is 0.409. The standard InChI is InChI=1S/C13H9.C7H13NO.C2H7Si.2ClH.Ti/c1-3-7-12-10(5-1)9-11-6-2-4-8-13(11)12;8-7(9)6-4-2-1-3-5-6;1-3-2;;;/h1-9H;6H,1-5H2,(H2,8,9);3H,1-2H3;2*1H;/q;;;;;+3/p-3. The summed E-state index contributed by atoms with van der Waals surface area (Å²) in [5.41, 5.74) is 5.71. The zero-order valence-electron chi connectivity index (χ0n) is 16.6. The van der Waals surface area contributed by atoms with Gasteiger partial charge in [-0.1, -0.05) is 0 Å². The van der Waals surface area contributed by atoms with Gasteiger partial charge in [0.15, 0.2) is 0 Å². The molecule has 2 nitrogen and oxygen atoms in total. The summed E-state index contributed by atoms with van der Waals surface area (Å²) in [7, 11) is 0. The van der Waals surface area contributed by atoms with Crippen molar-refractivity contribution < 1.29 is 47.0 Å². The monoisotopic (exact) mass is 468 g/mol. The molecule has 0 bridgehead atoms. The molecule has 0 heterocycles. The molecular weight excluding hydrogens is 441 g/mol. The summed E-state index contributed by atoms with van der Waals surface area (Å²) in [6.45, 7) is 3.96. The Morgan fingerprint density at radius 1 is 0.893 bits per heavy atom. The minimum absolute atomic E-state index is 0. The molecule has 0 atom stereocenters. The summed E-state index contributed by atoms with van der Waals surface area (Å²) in [6.07, 6.45) is 5.93. The van der Waals surface area contributed by atoms with Crippen LogP contribution in [0.3, 0.4) is 0 Å². The van der Waals surface area contributed by atoms with Crippen LogP contribution in [0.4, 0.5) is 0 Å². The van der Waals surface area contributed by atoms with Gasteiger partial charge in [0.2, 0.25) is 0 Å². The first-order valence-electron chi connectivity index (χ1n) is 10.0. The van der Waals surface area contributed by atoms with Crippen LogP contribution in [0.5, 0.6) is 0 Å². The number of hydrogen-bond donors (Lipinski definition) is 1. The molecule has 2 aliphatic rings. The van der Waals surface area contributed by atoms with Crippen molar-refractivity contribution in [2.24, 2.45) is 5.92 Å². The zero-order valence-corrected chi connectivity index (χ0v) is 20.8. The number of hydrogen-bond acceptors (Lipinski definition) is 1. The third kappa shape index (κ3) is 4.60. The van der Waals surface area contributed by atoms with Crippen LogP contribution in [0, 0.1) is 5.92 Å². The van der Waals surface area contributed by atoms with Gasteiger partial charge in [0.1, 0.15) is 0 Å². The van der Waals surface area contributed by atoms with Crippen LogP contribution in [-0.4, -0.2) is 12.6 Å². The normalized spacial score (nSPS) is 15.8. The molecule has 4 rings (SSSR count). The van der Waals surface area contributed by atoms with Crippen LogP contribution in [0.15, 0.2) is 48.5 Å². The SMILES string of the molecule is C[SiH](C)[Ti+2]([NH]C(=O)C1CCCCC1)[CH]1c2ccccc2-c2ccccc21.[Cl-].[Cl-]. The second-order valence-electron chi connectivity index (χ2n) is 8.04. The molecule has 1 N–H and O–H groups in total. The maximum atomic E-state index is 13.0. The van der Waals surface area contributed by atoms with Crippen molar-refractivity contribution in [3.8, 4) is 11.1 Å². The summed E-state index contributed by atoms with van der Waals surface area (Å²) in [5.74, 6) is 0.647. The fourth-order valence-electron chi connectivity index (χ4n) is 4.65. The number of fused-ring (bicyclic) bond motifs is 3. The summed E-state index contributed by atoms with van der Waals surface area (Å²) in [5, 5.41) is 0. The van der Waals surface area contributed by atoms with E-state index in [1.54, 1.807) is 0 Å². The van der Waals surface area contributed by atoms with Crippen LogP contribution < -0.4 is 28.6 Å². The molecular formula is C22H28Cl2NOSiTi. The van der Waals surface area contributed by atoms with E-state index in [4.69, 9.17) is 0 Å². The quantitative estimate of drug-likeness (QED) is 0.571. The molecule has 0 spiro atoms. The van der Waals surface area contributed by atoms with Gasteiger partial charge in [-0.05, 0) is 0 Å². The van der Waals surface area contributed by atoms with Gasteiger partial charge < -0.3 is 24.8 Å². The first kappa shape index (κ1) is 23.7. The predicted octanol–water partition coefficient (Wildman–Crippen LogP) is -1.02. The molecule has 2 aromatic carbocycles. The van der Waals surface area contributed by atoms with E-state index in [0.717, 1.165) is 12.8 Å². The van der Waals surface area contributed by atoms with Crippen molar-refractivity contribution in [3.05, 3.63) is 59.7 Å². The van der Waals surface area contributed by atoms with Crippen molar-refractivity contribution >= 4 is 12.6 Å². The number of amides is 1. The molecule has 1 saturated carbocycles. The number of nitrogens with one attached hydrogen (secondary N) is 1. The van der Waals surface area contributed by atoms with Crippen molar-refractivity contribution in [2.75, 3.05) is 0 Å². The Labute approximate surface area is 188 Å². The average molecular weight is 469 g/mol. The Bertz CT molecular complexity index is 765. The largest absolute Gasteiger partial charge is 1.00 e. The van der Waals surface area contributed by atoms with E-state index in [0.29, 0.717) is 10.1 Å². The Kier molecular flexibility index (Phi) is 8.84. The maximum Gasteiger partial charge on any atom is -1.00 e. The minimum Gasteiger partial charge on any atom is -1.00 e. The molecule has 0 aromatic heterocycles. The minimum atomic E-state index is -1.76. The van der Waals surface area contributed by atoms with Gasteiger partial charge in [0.25, 0.3) is 0 Å². The van der Waals surface area contributed by atoms with Gasteiger partial charge in [-0.15, -0.1) is 0 Å². The second-order valence-corrected chi connectivity index (χ2v) is 21.0. The van der Waals surface area contributed by atoms with E-state index < -0.39 is 24.0 Å². The molecule has 2 aromatic rings. The molecule has 0 saturated heterocycles. The topological polar surface area (TPSA) is 29.1 Å². The Morgan fingerprint density at radius 3 is 1.89 bits per heavy atom. The first-order chi connectivity index (χ1) is 12.7.